The largest absolute Gasteiger partial charge is 0.469 e. The molecule has 0 amide bonds. The van der Waals surface area contributed by atoms with Crippen molar-refractivity contribution in [2.24, 2.45) is 0 Å². The summed E-state index contributed by atoms with van der Waals surface area (Å²) in [5.74, 6) is -0.142. The maximum atomic E-state index is 12.2. The van der Waals surface area contributed by atoms with Crippen LogP contribution in [-0.4, -0.2) is 69.5 Å². The van der Waals surface area contributed by atoms with Crippen LogP contribution < -0.4 is 11.2 Å². The number of nitrogens with one attached hydrogen (secondary N) is 1. The molecule has 2 heterocycles. The number of rotatable bonds is 7. The van der Waals surface area contributed by atoms with Crippen LogP contribution in [0.4, 0.5) is 0 Å². The Morgan fingerprint density at radius 1 is 1.10 bits per heavy atom. The van der Waals surface area contributed by atoms with E-state index in [4.69, 9.17) is 9.79 Å². The predicted octanol–water partition coefficient (Wildman–Crippen LogP) is -1.61. The summed E-state index contributed by atoms with van der Waals surface area (Å²) in [6.45, 7) is 2.29. The van der Waals surface area contributed by atoms with Crippen molar-refractivity contribution in [3.05, 3.63) is 44.1 Å². The molecule has 3 rings (SSSR count). The summed E-state index contributed by atoms with van der Waals surface area (Å²) in [4.78, 5) is 51.5. The Labute approximate surface area is 174 Å². The Morgan fingerprint density at radius 3 is 2.39 bits per heavy atom. The number of aliphatic hydroxyl groups excluding tert-OH is 3. The molecule has 2 aliphatic rings. The monoisotopic (exact) mass is 456 g/mol. The van der Waals surface area contributed by atoms with Crippen molar-refractivity contribution in [2.45, 2.75) is 38.7 Å². The van der Waals surface area contributed by atoms with E-state index in [2.05, 4.69) is 14.5 Å². The molecule has 0 bridgehead atoms. The lowest BCUT2D eigenvalue weighted by Crippen LogP contribution is -2.42. The number of phosphoric acid groups is 1. The number of aliphatic hydroxyl groups is 3. The van der Waals surface area contributed by atoms with Crippen molar-refractivity contribution < 1.29 is 34.2 Å². The smallest absolute Gasteiger partial charge is 0.388 e. The molecule has 0 fully saturated rings. The molecule has 1 aromatic rings. The number of fused-ring (bicyclic) bond motifs is 2. The molecular weight excluding hydrogens is 435 g/mol. The Bertz CT molecular complexity index is 1250. The highest BCUT2D eigenvalue weighted by Crippen LogP contribution is 2.36. The second kappa shape index (κ2) is 8.55. The molecule has 3 atom stereocenters. The van der Waals surface area contributed by atoms with E-state index in [1.165, 1.54) is 4.57 Å². The third-order valence-corrected chi connectivity index (χ3v) is 5.28. The topological polar surface area (TPSA) is 208 Å². The Balaban J connectivity index is 2.06. The van der Waals surface area contributed by atoms with Crippen LogP contribution in [0.2, 0.25) is 0 Å². The van der Waals surface area contributed by atoms with Crippen LogP contribution in [-0.2, 0) is 15.6 Å². The first-order valence-electron chi connectivity index (χ1n) is 9.03. The van der Waals surface area contributed by atoms with E-state index in [-0.39, 0.29) is 11.5 Å². The Hall–Kier alpha value is -2.51. The summed E-state index contributed by atoms with van der Waals surface area (Å²) in [6.07, 6.45) is -5.40. The zero-order chi connectivity index (χ0) is 23.1. The van der Waals surface area contributed by atoms with Crippen LogP contribution in [0.1, 0.15) is 11.1 Å². The maximum absolute atomic E-state index is 12.2. The molecule has 13 nitrogen and oxygen atoms in total. The van der Waals surface area contributed by atoms with E-state index < -0.39 is 50.5 Å². The quantitative estimate of drug-likeness (QED) is 0.176. The third-order valence-electron chi connectivity index (χ3n) is 4.80. The molecule has 0 unspecified atom stereocenters. The zero-order valence-electron chi connectivity index (χ0n) is 16.5. The van der Waals surface area contributed by atoms with E-state index in [0.29, 0.717) is 11.0 Å². The number of aromatic amines is 1. The van der Waals surface area contributed by atoms with Gasteiger partial charge in [0.25, 0.3) is 5.56 Å². The average molecular weight is 456 g/mol. The van der Waals surface area contributed by atoms with Crippen LogP contribution in [0.25, 0.3) is 22.6 Å². The van der Waals surface area contributed by atoms with E-state index >= 15 is 0 Å². The minimum Gasteiger partial charge on any atom is -0.388 e. The van der Waals surface area contributed by atoms with Crippen LogP contribution in [0.15, 0.2) is 21.7 Å². The number of benzene rings is 1. The average Bonchev–Trinajstić information content (AvgIpc) is 2.67. The molecule has 0 aliphatic carbocycles. The summed E-state index contributed by atoms with van der Waals surface area (Å²) in [5.41, 5.74) is 0.618. The van der Waals surface area contributed by atoms with Crippen molar-refractivity contribution in [3.63, 3.8) is 0 Å². The van der Waals surface area contributed by atoms with Gasteiger partial charge in [0.2, 0.25) is 0 Å². The van der Waals surface area contributed by atoms with Gasteiger partial charge < -0.3 is 29.7 Å². The number of nitrogens with zero attached hydrogens (tertiary/aromatic N) is 3. The minimum absolute atomic E-state index is 0.142. The van der Waals surface area contributed by atoms with Gasteiger partial charge in [0.15, 0.2) is 11.5 Å². The van der Waals surface area contributed by atoms with Crippen molar-refractivity contribution in [1.29, 1.82) is 0 Å². The van der Waals surface area contributed by atoms with Gasteiger partial charge in [-0.05, 0) is 37.1 Å². The van der Waals surface area contributed by atoms with Gasteiger partial charge in [0.1, 0.15) is 18.3 Å². The number of H-pyrrole nitrogens is 1. The molecule has 0 saturated heterocycles. The molecule has 0 radical (unpaired) electrons. The SMILES string of the molecule is Cc1cc2nc3c(=O)[nH]c(=O)nc-3n(C[C@H](O)[C@H](O)[C@H](O)COP(=O)(O)O)c2cc1C. The highest BCUT2D eigenvalue weighted by Gasteiger charge is 2.29. The Kier molecular flexibility index (Phi) is 6.39. The van der Waals surface area contributed by atoms with Gasteiger partial charge in [-0.15, -0.1) is 0 Å². The first-order valence-corrected chi connectivity index (χ1v) is 10.6. The van der Waals surface area contributed by atoms with Crippen molar-refractivity contribution in [3.8, 4) is 11.5 Å². The van der Waals surface area contributed by atoms with Crippen molar-refractivity contribution >= 4 is 18.9 Å². The molecule has 31 heavy (non-hydrogen) atoms. The van der Waals surface area contributed by atoms with Crippen LogP contribution in [0.5, 0.6) is 0 Å². The molecule has 6 N–H and O–H groups in total. The second-order valence-electron chi connectivity index (χ2n) is 7.10. The van der Waals surface area contributed by atoms with Gasteiger partial charge in [-0.2, -0.15) is 4.98 Å². The predicted molar refractivity (Wildman–Crippen MR) is 107 cm³/mol. The lowest BCUT2D eigenvalue weighted by molar-refractivity contribution is -0.0793. The van der Waals surface area contributed by atoms with Gasteiger partial charge in [-0.25, -0.2) is 14.3 Å². The highest BCUT2D eigenvalue weighted by atomic mass is 31.2. The van der Waals surface area contributed by atoms with Crippen LogP contribution in [0, 0.1) is 13.8 Å². The van der Waals surface area contributed by atoms with Crippen LogP contribution in [0.3, 0.4) is 0 Å². The number of aryl methyl sites for hydroxylation is 2. The summed E-state index contributed by atoms with van der Waals surface area (Å²) in [7, 11) is -4.89. The lowest BCUT2D eigenvalue weighted by atomic mass is 10.1. The number of hydrogen-bond donors (Lipinski definition) is 6. The summed E-state index contributed by atoms with van der Waals surface area (Å²) in [5, 5.41) is 30.5. The summed E-state index contributed by atoms with van der Waals surface area (Å²) in [6, 6.07) is 3.41. The first kappa shape index (κ1) is 23.2. The van der Waals surface area contributed by atoms with E-state index in [0.717, 1.165) is 11.1 Å². The van der Waals surface area contributed by atoms with Gasteiger partial charge in [0.05, 0.1) is 24.2 Å². The molecule has 14 heteroatoms. The third kappa shape index (κ3) is 5.05. The van der Waals surface area contributed by atoms with Crippen molar-refractivity contribution in [1.82, 2.24) is 19.5 Å². The van der Waals surface area contributed by atoms with E-state index in [1.54, 1.807) is 12.1 Å². The number of phosphoric ester groups is 1. The normalized spacial score (nSPS) is 15.3. The fraction of sp³-hybridized carbons (Fsp3) is 0.412. The fourth-order valence-corrected chi connectivity index (χ4v) is 3.41. The number of hydrogen-bond acceptors (Lipinski definition) is 9. The van der Waals surface area contributed by atoms with Gasteiger partial charge in [-0.1, -0.05) is 0 Å². The van der Waals surface area contributed by atoms with E-state index in [1.807, 2.05) is 18.8 Å². The second-order valence-corrected chi connectivity index (χ2v) is 8.34. The minimum atomic E-state index is -4.89. The summed E-state index contributed by atoms with van der Waals surface area (Å²) < 4.78 is 16.2. The molecule has 1 aromatic carbocycles. The standard InChI is InChI=1S/C17H21N4O9P/c1-7-3-9-10(4-8(7)2)21(15-13(18-9)16(25)20-17(26)19-15)5-11(22)14(24)12(23)6-30-31(27,28)29/h3-4,11-12,14,22-24H,5-6H2,1-2H3,(H,20,25,26)(H2,27,28,29)/t11-,12+,14-/m0/s1. The van der Waals surface area contributed by atoms with Crippen molar-refractivity contribution in [2.75, 3.05) is 6.61 Å². The summed E-state index contributed by atoms with van der Waals surface area (Å²) >= 11 is 0. The van der Waals surface area contributed by atoms with Gasteiger partial charge in [-0.3, -0.25) is 14.3 Å². The lowest BCUT2D eigenvalue weighted by Gasteiger charge is -2.25. The first-order chi connectivity index (χ1) is 14.4. The number of aromatic nitrogens is 4. The van der Waals surface area contributed by atoms with E-state index in [9.17, 15) is 29.5 Å². The molecule has 0 spiro atoms. The fourth-order valence-electron chi connectivity index (χ4n) is 3.06. The molecule has 0 aromatic heterocycles. The van der Waals surface area contributed by atoms with Gasteiger partial charge in [0, 0.05) is 0 Å². The Morgan fingerprint density at radius 2 is 1.74 bits per heavy atom. The molecule has 168 valence electrons. The van der Waals surface area contributed by atoms with Gasteiger partial charge >= 0.3 is 13.5 Å². The zero-order valence-corrected chi connectivity index (χ0v) is 17.4. The molecule has 2 aliphatic heterocycles. The van der Waals surface area contributed by atoms with Crippen LogP contribution >= 0.6 is 7.82 Å². The molecular formula is C17H21N4O9P. The highest BCUT2D eigenvalue weighted by molar-refractivity contribution is 7.46. The molecule has 0 saturated carbocycles. The maximum Gasteiger partial charge on any atom is 0.469 e.